The van der Waals surface area contributed by atoms with Crippen LogP contribution in [0.4, 0.5) is 0 Å². The van der Waals surface area contributed by atoms with E-state index in [1.165, 1.54) is 32.4 Å². The third kappa shape index (κ3) is 1.09. The van der Waals surface area contributed by atoms with E-state index in [0.717, 1.165) is 12.6 Å². The van der Waals surface area contributed by atoms with E-state index in [2.05, 4.69) is 11.8 Å². The number of rotatable bonds is 3. The number of hydrogen-bond donors (Lipinski definition) is 1. The molecule has 0 aromatic carbocycles. The molecule has 1 aliphatic carbocycles. The first-order valence-electron chi connectivity index (χ1n) is 4.73. The molecule has 2 nitrogen and oxygen atoms in total. The van der Waals surface area contributed by atoms with Crippen molar-refractivity contribution in [3.05, 3.63) is 0 Å². The summed E-state index contributed by atoms with van der Waals surface area (Å²) in [6.07, 6.45) is 4.12. The molecule has 0 spiro atoms. The molecular formula is C9H18N2. The van der Waals surface area contributed by atoms with Gasteiger partial charge in [-0.3, -0.25) is 4.90 Å². The highest BCUT2D eigenvalue weighted by Gasteiger charge is 2.48. The molecule has 2 rings (SSSR count). The Morgan fingerprint density at radius 2 is 2.09 bits per heavy atom. The van der Waals surface area contributed by atoms with Crippen LogP contribution >= 0.6 is 0 Å². The zero-order valence-electron chi connectivity index (χ0n) is 7.34. The second-order valence-corrected chi connectivity index (χ2v) is 4.13. The van der Waals surface area contributed by atoms with Crippen LogP contribution in [-0.2, 0) is 0 Å². The standard InChI is InChI=1S/C9H18N2/c1-8(11-5-2-6-11)9(7-10)3-4-9/h8H,2-7,10H2,1H3. The first kappa shape index (κ1) is 7.56. The fraction of sp³-hybridized carbons (Fsp3) is 1.00. The van der Waals surface area contributed by atoms with Gasteiger partial charge >= 0.3 is 0 Å². The van der Waals surface area contributed by atoms with Crippen LogP contribution in [0.25, 0.3) is 0 Å². The van der Waals surface area contributed by atoms with Crippen molar-refractivity contribution in [3.63, 3.8) is 0 Å². The summed E-state index contributed by atoms with van der Waals surface area (Å²) in [5.74, 6) is 0. The zero-order chi connectivity index (χ0) is 7.90. The van der Waals surface area contributed by atoms with E-state index >= 15 is 0 Å². The largest absolute Gasteiger partial charge is 0.330 e. The van der Waals surface area contributed by atoms with Crippen molar-refractivity contribution in [2.45, 2.75) is 32.2 Å². The van der Waals surface area contributed by atoms with E-state index in [-0.39, 0.29) is 0 Å². The predicted octanol–water partition coefficient (Wildman–Crippen LogP) is 0.819. The Kier molecular flexibility index (Phi) is 1.69. The fourth-order valence-electron chi connectivity index (χ4n) is 2.07. The van der Waals surface area contributed by atoms with E-state index < -0.39 is 0 Å². The summed E-state index contributed by atoms with van der Waals surface area (Å²) in [5, 5.41) is 0. The Bertz CT molecular complexity index is 148. The Balaban J connectivity index is 1.92. The summed E-state index contributed by atoms with van der Waals surface area (Å²) in [7, 11) is 0. The van der Waals surface area contributed by atoms with Crippen molar-refractivity contribution < 1.29 is 0 Å². The third-order valence-electron chi connectivity index (χ3n) is 3.62. The lowest BCUT2D eigenvalue weighted by Crippen LogP contribution is -2.49. The molecule has 64 valence electrons. The molecule has 1 saturated heterocycles. The van der Waals surface area contributed by atoms with Gasteiger partial charge in [0.15, 0.2) is 0 Å². The van der Waals surface area contributed by atoms with Gasteiger partial charge in [-0.25, -0.2) is 0 Å². The van der Waals surface area contributed by atoms with Crippen molar-refractivity contribution in [1.29, 1.82) is 0 Å². The van der Waals surface area contributed by atoms with Crippen molar-refractivity contribution in [2.24, 2.45) is 11.1 Å². The van der Waals surface area contributed by atoms with Crippen molar-refractivity contribution in [2.75, 3.05) is 19.6 Å². The summed E-state index contributed by atoms with van der Waals surface area (Å²) in [6.45, 7) is 5.86. The Morgan fingerprint density at radius 3 is 2.36 bits per heavy atom. The lowest BCUT2D eigenvalue weighted by Gasteiger charge is -2.40. The molecule has 0 amide bonds. The van der Waals surface area contributed by atoms with Crippen LogP contribution in [-0.4, -0.2) is 30.6 Å². The topological polar surface area (TPSA) is 29.3 Å². The summed E-state index contributed by atoms with van der Waals surface area (Å²) < 4.78 is 0. The van der Waals surface area contributed by atoms with Gasteiger partial charge in [-0.2, -0.15) is 0 Å². The maximum Gasteiger partial charge on any atom is 0.0135 e. The van der Waals surface area contributed by atoms with E-state index in [9.17, 15) is 0 Å². The monoisotopic (exact) mass is 154 g/mol. The lowest BCUT2D eigenvalue weighted by atomic mass is 9.94. The van der Waals surface area contributed by atoms with Crippen LogP contribution in [0.2, 0.25) is 0 Å². The molecule has 2 heteroatoms. The van der Waals surface area contributed by atoms with E-state index in [1.54, 1.807) is 0 Å². The summed E-state index contributed by atoms with van der Waals surface area (Å²) in [5.41, 5.74) is 6.29. The van der Waals surface area contributed by atoms with Gasteiger partial charge in [-0.05, 0) is 51.2 Å². The van der Waals surface area contributed by atoms with Crippen LogP contribution in [0.1, 0.15) is 26.2 Å². The molecule has 1 saturated carbocycles. The molecule has 11 heavy (non-hydrogen) atoms. The van der Waals surface area contributed by atoms with Gasteiger partial charge in [-0.1, -0.05) is 0 Å². The average molecular weight is 154 g/mol. The molecule has 1 aliphatic heterocycles. The van der Waals surface area contributed by atoms with Gasteiger partial charge in [0.25, 0.3) is 0 Å². The van der Waals surface area contributed by atoms with Crippen molar-refractivity contribution in [1.82, 2.24) is 4.90 Å². The minimum atomic E-state index is 0.528. The number of hydrogen-bond acceptors (Lipinski definition) is 2. The van der Waals surface area contributed by atoms with Gasteiger partial charge in [0.2, 0.25) is 0 Å². The molecule has 2 aliphatic rings. The van der Waals surface area contributed by atoms with Gasteiger partial charge in [0, 0.05) is 6.04 Å². The number of nitrogens with two attached hydrogens (primary N) is 1. The second kappa shape index (κ2) is 2.46. The highest BCUT2D eigenvalue weighted by atomic mass is 15.2. The van der Waals surface area contributed by atoms with Gasteiger partial charge in [0.05, 0.1) is 0 Å². The molecule has 0 radical (unpaired) electrons. The highest BCUT2D eigenvalue weighted by Crippen LogP contribution is 2.50. The summed E-state index contributed by atoms with van der Waals surface area (Å²) >= 11 is 0. The molecule has 2 N–H and O–H groups in total. The minimum absolute atomic E-state index is 0.528. The average Bonchev–Trinajstić information content (AvgIpc) is 2.63. The normalized spacial score (nSPS) is 31.1. The smallest absolute Gasteiger partial charge is 0.0135 e. The Hall–Kier alpha value is -0.0800. The van der Waals surface area contributed by atoms with Crippen LogP contribution in [0.15, 0.2) is 0 Å². The fourth-order valence-corrected chi connectivity index (χ4v) is 2.07. The Labute approximate surface area is 68.7 Å². The van der Waals surface area contributed by atoms with E-state index in [1.807, 2.05) is 0 Å². The van der Waals surface area contributed by atoms with Crippen LogP contribution in [0, 0.1) is 5.41 Å². The van der Waals surface area contributed by atoms with Crippen LogP contribution in [0.5, 0.6) is 0 Å². The summed E-state index contributed by atoms with van der Waals surface area (Å²) in [6, 6.07) is 0.751. The van der Waals surface area contributed by atoms with Crippen molar-refractivity contribution >= 4 is 0 Å². The predicted molar refractivity (Wildman–Crippen MR) is 46.4 cm³/mol. The number of likely N-dealkylation sites (tertiary alicyclic amines) is 1. The first-order valence-corrected chi connectivity index (χ1v) is 4.73. The second-order valence-electron chi connectivity index (χ2n) is 4.13. The van der Waals surface area contributed by atoms with E-state index in [0.29, 0.717) is 5.41 Å². The quantitative estimate of drug-likeness (QED) is 0.652. The number of nitrogens with zero attached hydrogens (tertiary/aromatic N) is 1. The molecule has 1 heterocycles. The molecule has 2 fully saturated rings. The van der Waals surface area contributed by atoms with E-state index in [4.69, 9.17) is 5.73 Å². The maximum absolute atomic E-state index is 5.76. The van der Waals surface area contributed by atoms with Crippen molar-refractivity contribution in [3.8, 4) is 0 Å². The molecule has 0 aromatic heterocycles. The minimum Gasteiger partial charge on any atom is -0.330 e. The third-order valence-corrected chi connectivity index (χ3v) is 3.62. The lowest BCUT2D eigenvalue weighted by molar-refractivity contribution is 0.0814. The van der Waals surface area contributed by atoms with Crippen LogP contribution in [0.3, 0.4) is 0 Å². The molecule has 1 unspecified atom stereocenters. The SMILES string of the molecule is CC(N1CCC1)C1(CN)CC1. The maximum atomic E-state index is 5.76. The summed E-state index contributed by atoms with van der Waals surface area (Å²) in [4.78, 5) is 2.57. The molecule has 0 bridgehead atoms. The van der Waals surface area contributed by atoms with Gasteiger partial charge < -0.3 is 5.73 Å². The van der Waals surface area contributed by atoms with Crippen LogP contribution < -0.4 is 5.73 Å². The zero-order valence-corrected chi connectivity index (χ0v) is 7.34. The first-order chi connectivity index (χ1) is 5.28. The van der Waals surface area contributed by atoms with Gasteiger partial charge in [0.1, 0.15) is 0 Å². The molecule has 0 aromatic rings. The highest BCUT2D eigenvalue weighted by molar-refractivity contribution is 5.03. The molecular weight excluding hydrogens is 136 g/mol. The Morgan fingerprint density at radius 1 is 1.45 bits per heavy atom. The van der Waals surface area contributed by atoms with Gasteiger partial charge in [-0.15, -0.1) is 0 Å². The molecule has 1 atom stereocenters.